The minimum Gasteiger partial charge on any atom is -0.384 e. The van der Waals surface area contributed by atoms with Gasteiger partial charge in [-0.3, -0.25) is 4.79 Å². The number of carbonyl (C=O) groups is 1. The Labute approximate surface area is 106 Å². The minimum absolute atomic E-state index is 0.0425. The molecular formula is C10H9IN4O. The summed E-state index contributed by atoms with van der Waals surface area (Å²) >= 11 is 2.11. The van der Waals surface area contributed by atoms with Crippen molar-refractivity contribution in [2.24, 2.45) is 11.5 Å². The Hall–Kier alpha value is -1.75. The van der Waals surface area contributed by atoms with Crippen LogP contribution in [0.5, 0.6) is 0 Å². The third kappa shape index (κ3) is 2.87. The Bertz CT molecular complexity index is 490. The molecule has 5 nitrogen and oxygen atoms in total. The molecule has 1 rings (SSSR count). The van der Waals surface area contributed by atoms with E-state index in [2.05, 4.69) is 27.9 Å². The van der Waals surface area contributed by atoms with Gasteiger partial charge in [0.15, 0.2) is 5.57 Å². The standard InChI is InChI=1S/C10H9IN4O/c11-7-3-1-2-4-8(7)15-9(13)6(5-12)10(14)16/h1-4,15H,13H2,(H2,14,16). The summed E-state index contributed by atoms with van der Waals surface area (Å²) in [6, 6.07) is 8.99. The van der Waals surface area contributed by atoms with Crippen molar-refractivity contribution in [3.05, 3.63) is 39.2 Å². The fourth-order valence-electron chi connectivity index (χ4n) is 1.02. The molecule has 0 fully saturated rings. The first-order valence-corrected chi connectivity index (χ1v) is 5.35. The quantitative estimate of drug-likeness (QED) is 0.435. The van der Waals surface area contributed by atoms with E-state index in [0.717, 1.165) is 9.26 Å². The fourth-order valence-corrected chi connectivity index (χ4v) is 1.54. The lowest BCUT2D eigenvalue weighted by atomic mass is 10.2. The van der Waals surface area contributed by atoms with Crippen LogP contribution < -0.4 is 16.8 Å². The van der Waals surface area contributed by atoms with Crippen LogP contribution in [0.2, 0.25) is 0 Å². The molecule has 0 unspecified atom stereocenters. The maximum absolute atomic E-state index is 10.9. The number of nitrogens with zero attached hydrogens (tertiary/aromatic N) is 1. The number of halogens is 1. The van der Waals surface area contributed by atoms with E-state index in [9.17, 15) is 4.79 Å². The topological polar surface area (TPSA) is 105 Å². The van der Waals surface area contributed by atoms with E-state index in [4.69, 9.17) is 16.7 Å². The smallest absolute Gasteiger partial charge is 0.263 e. The Morgan fingerprint density at radius 2 is 2.00 bits per heavy atom. The second-order valence-electron chi connectivity index (χ2n) is 2.87. The number of hydrogen-bond acceptors (Lipinski definition) is 4. The molecule has 0 saturated heterocycles. The molecule has 0 spiro atoms. The zero-order valence-corrected chi connectivity index (χ0v) is 10.4. The molecule has 0 aliphatic carbocycles. The van der Waals surface area contributed by atoms with Crippen LogP contribution in [0.1, 0.15) is 0 Å². The first-order valence-electron chi connectivity index (χ1n) is 4.27. The van der Waals surface area contributed by atoms with E-state index >= 15 is 0 Å². The van der Waals surface area contributed by atoms with Crippen molar-refractivity contribution >= 4 is 34.2 Å². The highest BCUT2D eigenvalue weighted by Crippen LogP contribution is 2.18. The fraction of sp³-hybridized carbons (Fsp3) is 0. The van der Waals surface area contributed by atoms with Crippen LogP contribution in [-0.2, 0) is 4.79 Å². The third-order valence-electron chi connectivity index (χ3n) is 1.77. The maximum atomic E-state index is 10.9. The van der Waals surface area contributed by atoms with E-state index in [1.54, 1.807) is 12.1 Å². The number of rotatable bonds is 3. The average Bonchev–Trinajstić information content (AvgIpc) is 2.22. The monoisotopic (exact) mass is 328 g/mol. The first kappa shape index (κ1) is 12.3. The Morgan fingerprint density at radius 3 is 2.50 bits per heavy atom. The van der Waals surface area contributed by atoms with Gasteiger partial charge in [-0.1, -0.05) is 12.1 Å². The molecule has 16 heavy (non-hydrogen) atoms. The highest BCUT2D eigenvalue weighted by molar-refractivity contribution is 14.1. The summed E-state index contributed by atoms with van der Waals surface area (Å²) in [6.45, 7) is 0. The predicted octanol–water partition coefficient (Wildman–Crippen LogP) is 0.882. The summed E-state index contributed by atoms with van der Waals surface area (Å²) in [7, 11) is 0. The Kier molecular flexibility index (Phi) is 4.13. The van der Waals surface area contributed by atoms with Gasteiger partial charge >= 0.3 is 0 Å². The molecule has 1 aromatic carbocycles. The lowest BCUT2D eigenvalue weighted by molar-refractivity contribution is -0.114. The minimum atomic E-state index is -0.849. The molecule has 0 aliphatic heterocycles. The number of nitriles is 1. The molecule has 5 N–H and O–H groups in total. The van der Waals surface area contributed by atoms with Crippen LogP contribution in [0, 0.1) is 14.9 Å². The lowest BCUT2D eigenvalue weighted by Crippen LogP contribution is -2.22. The van der Waals surface area contributed by atoms with E-state index in [1.807, 2.05) is 18.2 Å². The largest absolute Gasteiger partial charge is 0.384 e. The predicted molar refractivity (Wildman–Crippen MR) is 68.8 cm³/mol. The molecule has 0 saturated carbocycles. The molecule has 0 aromatic heterocycles. The van der Waals surface area contributed by atoms with Gasteiger partial charge in [0, 0.05) is 3.57 Å². The van der Waals surface area contributed by atoms with Crippen molar-refractivity contribution in [1.82, 2.24) is 0 Å². The van der Waals surface area contributed by atoms with Crippen molar-refractivity contribution in [3.8, 4) is 6.07 Å². The number of nitrogens with two attached hydrogens (primary N) is 2. The number of carbonyl (C=O) groups excluding carboxylic acids is 1. The van der Waals surface area contributed by atoms with E-state index < -0.39 is 5.91 Å². The second-order valence-corrected chi connectivity index (χ2v) is 4.03. The molecule has 0 aliphatic rings. The van der Waals surface area contributed by atoms with Gasteiger partial charge < -0.3 is 16.8 Å². The SMILES string of the molecule is N#CC(C(N)=O)=C(N)Nc1ccccc1I. The van der Waals surface area contributed by atoms with Crippen molar-refractivity contribution in [2.75, 3.05) is 5.32 Å². The molecule has 82 valence electrons. The summed E-state index contributed by atoms with van der Waals surface area (Å²) in [5.74, 6) is -0.891. The van der Waals surface area contributed by atoms with Gasteiger partial charge in [-0.25, -0.2) is 0 Å². The van der Waals surface area contributed by atoms with Crippen molar-refractivity contribution in [3.63, 3.8) is 0 Å². The highest BCUT2D eigenvalue weighted by Gasteiger charge is 2.10. The van der Waals surface area contributed by atoms with Gasteiger partial charge in [0.25, 0.3) is 5.91 Å². The molecule has 0 atom stereocenters. The number of para-hydroxylation sites is 1. The summed E-state index contributed by atoms with van der Waals surface area (Å²) in [6.07, 6.45) is 0. The molecule has 0 heterocycles. The number of nitrogens with one attached hydrogen (secondary N) is 1. The second kappa shape index (κ2) is 5.37. The van der Waals surface area contributed by atoms with Crippen molar-refractivity contribution in [2.45, 2.75) is 0 Å². The van der Waals surface area contributed by atoms with Gasteiger partial charge in [0.1, 0.15) is 11.9 Å². The molecule has 0 bridgehead atoms. The van der Waals surface area contributed by atoms with Crippen LogP contribution in [0.4, 0.5) is 5.69 Å². The van der Waals surface area contributed by atoms with Crippen molar-refractivity contribution < 1.29 is 4.79 Å². The van der Waals surface area contributed by atoms with Gasteiger partial charge in [-0.15, -0.1) is 0 Å². The Morgan fingerprint density at radius 1 is 1.38 bits per heavy atom. The van der Waals surface area contributed by atoms with E-state index in [0.29, 0.717) is 0 Å². The normalized spacial score (nSPS) is 11.2. The lowest BCUT2D eigenvalue weighted by Gasteiger charge is -2.08. The maximum Gasteiger partial charge on any atom is 0.263 e. The van der Waals surface area contributed by atoms with Gasteiger partial charge in [-0.2, -0.15) is 5.26 Å². The number of benzene rings is 1. The molecular weight excluding hydrogens is 319 g/mol. The summed E-state index contributed by atoms with van der Waals surface area (Å²) in [5.41, 5.74) is 11.0. The van der Waals surface area contributed by atoms with Gasteiger partial charge in [-0.05, 0) is 34.7 Å². The van der Waals surface area contributed by atoms with Crippen LogP contribution >= 0.6 is 22.6 Å². The third-order valence-corrected chi connectivity index (χ3v) is 2.71. The zero-order chi connectivity index (χ0) is 12.1. The van der Waals surface area contributed by atoms with Crippen molar-refractivity contribution in [1.29, 1.82) is 5.26 Å². The van der Waals surface area contributed by atoms with Crippen LogP contribution in [-0.4, -0.2) is 5.91 Å². The Balaban J connectivity index is 3.03. The number of hydrogen-bond donors (Lipinski definition) is 3. The van der Waals surface area contributed by atoms with E-state index in [-0.39, 0.29) is 11.4 Å². The van der Waals surface area contributed by atoms with Gasteiger partial charge in [0.2, 0.25) is 0 Å². The number of primary amides is 1. The van der Waals surface area contributed by atoms with Gasteiger partial charge in [0.05, 0.1) is 5.69 Å². The molecule has 1 aromatic rings. The van der Waals surface area contributed by atoms with Crippen LogP contribution in [0.15, 0.2) is 35.7 Å². The molecule has 6 heteroatoms. The highest BCUT2D eigenvalue weighted by atomic mass is 127. The first-order chi connectivity index (χ1) is 7.56. The number of amides is 1. The van der Waals surface area contributed by atoms with Crippen LogP contribution in [0.3, 0.4) is 0 Å². The van der Waals surface area contributed by atoms with Crippen LogP contribution in [0.25, 0.3) is 0 Å². The number of anilines is 1. The summed E-state index contributed by atoms with van der Waals surface area (Å²) in [5, 5.41) is 11.5. The zero-order valence-electron chi connectivity index (χ0n) is 8.20. The summed E-state index contributed by atoms with van der Waals surface area (Å²) < 4.78 is 0.921. The summed E-state index contributed by atoms with van der Waals surface area (Å²) in [4.78, 5) is 10.9. The van der Waals surface area contributed by atoms with E-state index in [1.165, 1.54) is 0 Å². The molecule has 1 amide bonds. The average molecular weight is 328 g/mol. The molecule has 0 radical (unpaired) electrons.